The molecule has 2 nitrogen and oxygen atoms in total. The SMILES string of the molecule is CCc1cc(CC)c2cnncc2c1. The summed E-state index contributed by atoms with van der Waals surface area (Å²) in [5.74, 6) is 0. The fourth-order valence-corrected chi connectivity index (χ4v) is 1.75. The van der Waals surface area contributed by atoms with Gasteiger partial charge in [0.2, 0.25) is 0 Å². The van der Waals surface area contributed by atoms with Gasteiger partial charge in [-0.15, -0.1) is 0 Å². The highest BCUT2D eigenvalue weighted by atomic mass is 15.1. The number of rotatable bonds is 2. The first-order valence-corrected chi connectivity index (χ1v) is 5.07. The summed E-state index contributed by atoms with van der Waals surface area (Å²) >= 11 is 0. The van der Waals surface area contributed by atoms with Gasteiger partial charge in [0.15, 0.2) is 0 Å². The normalized spacial score (nSPS) is 10.7. The molecule has 72 valence electrons. The molecule has 2 aromatic rings. The minimum Gasteiger partial charge on any atom is -0.158 e. The highest BCUT2D eigenvalue weighted by Gasteiger charge is 2.01. The van der Waals surface area contributed by atoms with Gasteiger partial charge in [-0.2, -0.15) is 10.2 Å². The largest absolute Gasteiger partial charge is 0.158 e. The number of hydrogen-bond acceptors (Lipinski definition) is 2. The van der Waals surface area contributed by atoms with Gasteiger partial charge >= 0.3 is 0 Å². The van der Waals surface area contributed by atoms with Crippen LogP contribution in [0.4, 0.5) is 0 Å². The van der Waals surface area contributed by atoms with Gasteiger partial charge in [0.1, 0.15) is 0 Å². The molecule has 1 heterocycles. The topological polar surface area (TPSA) is 25.8 Å². The van der Waals surface area contributed by atoms with E-state index in [2.05, 4.69) is 36.2 Å². The zero-order valence-corrected chi connectivity index (χ0v) is 8.62. The lowest BCUT2D eigenvalue weighted by atomic mass is 10.0. The molecular formula is C12H14N2. The minimum atomic E-state index is 1.05. The average Bonchev–Trinajstić information content (AvgIpc) is 2.27. The summed E-state index contributed by atoms with van der Waals surface area (Å²) in [5, 5.41) is 10.3. The molecule has 0 aliphatic heterocycles. The fourth-order valence-electron chi connectivity index (χ4n) is 1.75. The zero-order chi connectivity index (χ0) is 9.97. The summed E-state index contributed by atoms with van der Waals surface area (Å²) in [4.78, 5) is 0. The maximum atomic E-state index is 3.93. The summed E-state index contributed by atoms with van der Waals surface area (Å²) in [6, 6.07) is 4.47. The Morgan fingerprint density at radius 3 is 2.50 bits per heavy atom. The van der Waals surface area contributed by atoms with E-state index in [1.165, 1.54) is 21.9 Å². The molecule has 0 fully saturated rings. The number of hydrogen-bond donors (Lipinski definition) is 0. The molecular weight excluding hydrogens is 172 g/mol. The zero-order valence-electron chi connectivity index (χ0n) is 8.62. The van der Waals surface area contributed by atoms with Crippen LogP contribution < -0.4 is 0 Å². The van der Waals surface area contributed by atoms with E-state index in [0.29, 0.717) is 0 Å². The molecule has 1 aromatic carbocycles. The van der Waals surface area contributed by atoms with Crippen LogP contribution in [-0.2, 0) is 12.8 Å². The van der Waals surface area contributed by atoms with E-state index in [1.807, 2.05) is 12.4 Å². The van der Waals surface area contributed by atoms with Crippen molar-refractivity contribution < 1.29 is 0 Å². The molecule has 2 heteroatoms. The predicted molar refractivity (Wildman–Crippen MR) is 58.3 cm³/mol. The highest BCUT2D eigenvalue weighted by Crippen LogP contribution is 2.20. The van der Waals surface area contributed by atoms with Crippen molar-refractivity contribution in [2.75, 3.05) is 0 Å². The Bertz CT molecular complexity index is 449. The van der Waals surface area contributed by atoms with Gasteiger partial charge in [-0.3, -0.25) is 0 Å². The van der Waals surface area contributed by atoms with Crippen LogP contribution in [0.3, 0.4) is 0 Å². The number of aryl methyl sites for hydroxylation is 2. The van der Waals surface area contributed by atoms with Gasteiger partial charge in [-0.1, -0.05) is 19.9 Å². The molecule has 0 unspecified atom stereocenters. The van der Waals surface area contributed by atoms with Crippen LogP contribution in [-0.4, -0.2) is 10.2 Å². The monoisotopic (exact) mass is 186 g/mol. The molecule has 14 heavy (non-hydrogen) atoms. The van der Waals surface area contributed by atoms with Crippen LogP contribution in [0, 0.1) is 0 Å². The molecule has 1 aromatic heterocycles. The first-order valence-electron chi connectivity index (χ1n) is 5.07. The first-order chi connectivity index (χ1) is 6.85. The van der Waals surface area contributed by atoms with Crippen LogP contribution in [0.25, 0.3) is 10.8 Å². The van der Waals surface area contributed by atoms with Crippen molar-refractivity contribution in [2.24, 2.45) is 0 Å². The Labute approximate surface area is 84.0 Å². The second-order valence-corrected chi connectivity index (χ2v) is 3.45. The van der Waals surface area contributed by atoms with Crippen LogP contribution >= 0.6 is 0 Å². The molecule has 2 rings (SSSR count). The van der Waals surface area contributed by atoms with Crippen molar-refractivity contribution in [3.63, 3.8) is 0 Å². The van der Waals surface area contributed by atoms with Crippen molar-refractivity contribution in [1.82, 2.24) is 10.2 Å². The van der Waals surface area contributed by atoms with E-state index in [0.717, 1.165) is 12.8 Å². The Morgan fingerprint density at radius 1 is 1.00 bits per heavy atom. The molecule has 0 saturated heterocycles. The predicted octanol–water partition coefficient (Wildman–Crippen LogP) is 2.75. The Morgan fingerprint density at radius 2 is 1.79 bits per heavy atom. The third-order valence-corrected chi connectivity index (χ3v) is 2.60. The smallest absolute Gasteiger partial charge is 0.0577 e. The minimum absolute atomic E-state index is 1.05. The molecule has 0 aliphatic carbocycles. The number of aromatic nitrogens is 2. The summed E-state index contributed by atoms with van der Waals surface area (Å²) in [6.07, 6.45) is 5.82. The van der Waals surface area contributed by atoms with Crippen LogP contribution in [0.15, 0.2) is 24.5 Å². The molecule has 0 radical (unpaired) electrons. The van der Waals surface area contributed by atoms with Crippen molar-refractivity contribution in [3.8, 4) is 0 Å². The lowest BCUT2D eigenvalue weighted by Gasteiger charge is -2.06. The molecule has 0 bridgehead atoms. The summed E-state index contributed by atoms with van der Waals surface area (Å²) in [6.45, 7) is 4.35. The maximum Gasteiger partial charge on any atom is 0.0577 e. The third kappa shape index (κ3) is 1.48. The van der Waals surface area contributed by atoms with Crippen molar-refractivity contribution in [2.45, 2.75) is 26.7 Å². The number of benzene rings is 1. The van der Waals surface area contributed by atoms with E-state index in [9.17, 15) is 0 Å². The quantitative estimate of drug-likeness (QED) is 0.720. The van der Waals surface area contributed by atoms with Gasteiger partial charge in [-0.25, -0.2) is 0 Å². The van der Waals surface area contributed by atoms with E-state index in [1.54, 1.807) is 0 Å². The van der Waals surface area contributed by atoms with Crippen LogP contribution in [0.5, 0.6) is 0 Å². The number of fused-ring (bicyclic) bond motifs is 1. The van der Waals surface area contributed by atoms with Crippen molar-refractivity contribution in [1.29, 1.82) is 0 Å². The highest BCUT2D eigenvalue weighted by molar-refractivity contribution is 5.84. The third-order valence-electron chi connectivity index (χ3n) is 2.60. The summed E-state index contributed by atoms with van der Waals surface area (Å²) in [7, 11) is 0. The standard InChI is InChI=1S/C12H14N2/c1-3-9-5-10(4-2)12-8-14-13-7-11(12)6-9/h5-8H,3-4H2,1-2H3. The lowest BCUT2D eigenvalue weighted by Crippen LogP contribution is -1.90. The maximum absolute atomic E-state index is 3.93. The van der Waals surface area contributed by atoms with Gasteiger partial charge in [-0.05, 0) is 30.0 Å². The van der Waals surface area contributed by atoms with Crippen LogP contribution in [0.2, 0.25) is 0 Å². The Balaban J connectivity index is 2.73. The molecule has 0 saturated carbocycles. The van der Waals surface area contributed by atoms with Gasteiger partial charge < -0.3 is 0 Å². The van der Waals surface area contributed by atoms with E-state index < -0.39 is 0 Å². The lowest BCUT2D eigenvalue weighted by molar-refractivity contribution is 1.04. The van der Waals surface area contributed by atoms with E-state index in [-0.39, 0.29) is 0 Å². The molecule has 0 amide bonds. The van der Waals surface area contributed by atoms with Gasteiger partial charge in [0.25, 0.3) is 0 Å². The van der Waals surface area contributed by atoms with E-state index >= 15 is 0 Å². The number of nitrogens with zero attached hydrogens (tertiary/aromatic N) is 2. The second kappa shape index (κ2) is 3.74. The molecule has 0 aliphatic rings. The van der Waals surface area contributed by atoms with Crippen LogP contribution in [0.1, 0.15) is 25.0 Å². The Hall–Kier alpha value is -1.44. The molecule has 0 N–H and O–H groups in total. The van der Waals surface area contributed by atoms with Gasteiger partial charge in [0, 0.05) is 10.8 Å². The summed E-state index contributed by atoms with van der Waals surface area (Å²) < 4.78 is 0. The summed E-state index contributed by atoms with van der Waals surface area (Å²) in [5.41, 5.74) is 2.75. The van der Waals surface area contributed by atoms with Crippen molar-refractivity contribution in [3.05, 3.63) is 35.7 Å². The first kappa shape index (κ1) is 9.13. The van der Waals surface area contributed by atoms with E-state index in [4.69, 9.17) is 0 Å². The average molecular weight is 186 g/mol. The van der Waals surface area contributed by atoms with Crippen molar-refractivity contribution >= 4 is 10.8 Å². The Kier molecular flexibility index (Phi) is 2.44. The molecule has 0 spiro atoms. The molecule has 0 atom stereocenters. The van der Waals surface area contributed by atoms with Gasteiger partial charge in [0.05, 0.1) is 12.4 Å². The second-order valence-electron chi connectivity index (χ2n) is 3.45. The fraction of sp³-hybridized carbons (Fsp3) is 0.333.